The van der Waals surface area contributed by atoms with Crippen LogP contribution in [0.3, 0.4) is 0 Å². The second-order valence-corrected chi connectivity index (χ2v) is 7.28. The largest absolute Gasteiger partial charge is 0.306 e. The van der Waals surface area contributed by atoms with Crippen LogP contribution in [-0.4, -0.2) is 6.54 Å². The summed E-state index contributed by atoms with van der Waals surface area (Å²) in [4.78, 5) is 1.43. The lowest BCUT2D eigenvalue weighted by molar-refractivity contribution is 0.605. The predicted octanol–water partition coefficient (Wildman–Crippen LogP) is 4.97. The van der Waals surface area contributed by atoms with Crippen molar-refractivity contribution in [2.24, 2.45) is 0 Å². The molecule has 0 bridgehead atoms. The van der Waals surface area contributed by atoms with Crippen LogP contribution >= 0.6 is 38.6 Å². The summed E-state index contributed by atoms with van der Waals surface area (Å²) < 4.78 is 1.20. The molecule has 0 saturated heterocycles. The first-order valence-corrected chi connectivity index (χ1v) is 8.29. The van der Waals surface area contributed by atoms with Crippen molar-refractivity contribution in [1.82, 2.24) is 5.32 Å². The lowest BCUT2D eigenvalue weighted by Gasteiger charge is -2.17. The zero-order chi connectivity index (χ0) is 12.3. The summed E-state index contributed by atoms with van der Waals surface area (Å²) in [5, 5.41) is 8.04. The van der Waals surface area contributed by atoms with E-state index in [1.54, 1.807) is 11.3 Å². The highest BCUT2D eigenvalue weighted by atomic mass is 79.9. The van der Waals surface area contributed by atoms with E-state index in [4.69, 9.17) is 0 Å². The van der Waals surface area contributed by atoms with E-state index >= 15 is 0 Å². The Morgan fingerprint density at radius 3 is 2.76 bits per heavy atom. The van der Waals surface area contributed by atoms with E-state index in [1.165, 1.54) is 19.8 Å². The normalized spacial score (nSPS) is 12.9. The molecular formula is C13H16BrNS2. The van der Waals surface area contributed by atoms with Crippen molar-refractivity contribution in [2.45, 2.75) is 26.3 Å². The van der Waals surface area contributed by atoms with Crippen molar-refractivity contribution in [3.05, 3.63) is 42.7 Å². The molecule has 0 saturated carbocycles. The highest BCUT2D eigenvalue weighted by molar-refractivity contribution is 9.11. The SMILES string of the molecule is CCCNC(c1csc(Br)c1)c1sccc1C. The van der Waals surface area contributed by atoms with Gasteiger partial charge < -0.3 is 5.32 Å². The van der Waals surface area contributed by atoms with Gasteiger partial charge in [-0.2, -0.15) is 0 Å². The molecule has 2 aromatic rings. The fourth-order valence-corrected chi connectivity index (χ4v) is 4.04. The van der Waals surface area contributed by atoms with Gasteiger partial charge in [0.2, 0.25) is 0 Å². The van der Waals surface area contributed by atoms with E-state index in [0.29, 0.717) is 6.04 Å². The molecule has 2 aromatic heterocycles. The maximum Gasteiger partial charge on any atom is 0.0701 e. The first-order chi connectivity index (χ1) is 8.22. The fourth-order valence-electron chi connectivity index (χ4n) is 1.81. The number of aryl methyl sites for hydroxylation is 1. The molecule has 4 heteroatoms. The third kappa shape index (κ3) is 3.19. The van der Waals surface area contributed by atoms with Crippen LogP contribution in [0.5, 0.6) is 0 Å². The highest BCUT2D eigenvalue weighted by Gasteiger charge is 2.17. The Kier molecular flexibility index (Phi) is 4.79. The topological polar surface area (TPSA) is 12.0 Å². The molecule has 0 spiro atoms. The first kappa shape index (κ1) is 13.3. The van der Waals surface area contributed by atoms with Gasteiger partial charge in [-0.25, -0.2) is 0 Å². The number of thiophene rings is 2. The predicted molar refractivity (Wildman–Crippen MR) is 81.2 cm³/mol. The van der Waals surface area contributed by atoms with Crippen LogP contribution < -0.4 is 5.32 Å². The van der Waals surface area contributed by atoms with Crippen molar-refractivity contribution in [3.8, 4) is 0 Å². The second-order valence-electron chi connectivity index (χ2n) is 4.04. The summed E-state index contributed by atoms with van der Waals surface area (Å²) in [6, 6.07) is 4.76. The van der Waals surface area contributed by atoms with Crippen LogP contribution in [0.1, 0.15) is 35.4 Å². The molecule has 17 heavy (non-hydrogen) atoms. The Bertz CT molecular complexity index is 475. The molecule has 1 N–H and O–H groups in total. The van der Waals surface area contributed by atoms with E-state index in [9.17, 15) is 0 Å². The van der Waals surface area contributed by atoms with Gasteiger partial charge in [0, 0.05) is 4.88 Å². The maximum atomic E-state index is 3.64. The van der Waals surface area contributed by atoms with Crippen molar-refractivity contribution >= 4 is 38.6 Å². The van der Waals surface area contributed by atoms with Gasteiger partial charge >= 0.3 is 0 Å². The fraction of sp³-hybridized carbons (Fsp3) is 0.385. The van der Waals surface area contributed by atoms with E-state index in [2.05, 4.69) is 58.0 Å². The number of hydrogen-bond acceptors (Lipinski definition) is 3. The van der Waals surface area contributed by atoms with Gasteiger partial charge in [-0.05, 0) is 69.8 Å². The van der Waals surface area contributed by atoms with Crippen molar-refractivity contribution in [3.63, 3.8) is 0 Å². The Labute approximate surface area is 119 Å². The summed E-state index contributed by atoms with van der Waals surface area (Å²) in [6.07, 6.45) is 1.16. The summed E-state index contributed by atoms with van der Waals surface area (Å²) in [5.41, 5.74) is 2.74. The van der Waals surface area contributed by atoms with Gasteiger partial charge in [-0.15, -0.1) is 22.7 Å². The average molecular weight is 330 g/mol. The van der Waals surface area contributed by atoms with Gasteiger partial charge in [0.05, 0.1) is 9.83 Å². The zero-order valence-electron chi connectivity index (χ0n) is 10.00. The van der Waals surface area contributed by atoms with Gasteiger partial charge in [0.1, 0.15) is 0 Å². The molecule has 2 rings (SSSR count). The molecular weight excluding hydrogens is 314 g/mol. The maximum absolute atomic E-state index is 3.64. The molecule has 0 aliphatic rings. The minimum atomic E-state index is 0.345. The van der Waals surface area contributed by atoms with Gasteiger partial charge in [-0.1, -0.05) is 6.92 Å². The summed E-state index contributed by atoms with van der Waals surface area (Å²) in [5.74, 6) is 0. The Morgan fingerprint density at radius 2 is 2.24 bits per heavy atom. The minimum Gasteiger partial charge on any atom is -0.306 e. The average Bonchev–Trinajstić information content (AvgIpc) is 2.90. The molecule has 2 heterocycles. The highest BCUT2D eigenvalue weighted by Crippen LogP contribution is 2.33. The number of halogens is 1. The van der Waals surface area contributed by atoms with Crippen LogP contribution in [-0.2, 0) is 0 Å². The van der Waals surface area contributed by atoms with Gasteiger partial charge in [-0.3, -0.25) is 0 Å². The number of hydrogen-bond donors (Lipinski definition) is 1. The van der Waals surface area contributed by atoms with Crippen LogP contribution in [0.15, 0.2) is 26.7 Å². The van der Waals surface area contributed by atoms with Crippen LogP contribution in [0, 0.1) is 6.92 Å². The Morgan fingerprint density at radius 1 is 1.41 bits per heavy atom. The lowest BCUT2D eigenvalue weighted by atomic mass is 10.1. The monoisotopic (exact) mass is 329 g/mol. The number of rotatable bonds is 5. The third-order valence-corrected chi connectivity index (χ3v) is 5.29. The molecule has 0 radical (unpaired) electrons. The van der Waals surface area contributed by atoms with Crippen LogP contribution in [0.2, 0.25) is 0 Å². The number of nitrogens with one attached hydrogen (secondary N) is 1. The zero-order valence-corrected chi connectivity index (χ0v) is 13.2. The standard InChI is InChI=1S/C13H16BrNS2/c1-3-5-15-12(10-7-11(14)17-8-10)13-9(2)4-6-16-13/h4,6-8,12,15H,3,5H2,1-2H3. The van der Waals surface area contributed by atoms with Crippen molar-refractivity contribution in [1.29, 1.82) is 0 Å². The van der Waals surface area contributed by atoms with Crippen molar-refractivity contribution < 1.29 is 0 Å². The Balaban J connectivity index is 2.28. The first-order valence-electron chi connectivity index (χ1n) is 5.73. The van der Waals surface area contributed by atoms with E-state index < -0.39 is 0 Å². The smallest absolute Gasteiger partial charge is 0.0701 e. The molecule has 0 aliphatic heterocycles. The Hall–Kier alpha value is -0.160. The summed E-state index contributed by atoms with van der Waals surface area (Å²) in [7, 11) is 0. The molecule has 1 unspecified atom stereocenters. The molecule has 92 valence electrons. The molecule has 1 atom stereocenters. The van der Waals surface area contributed by atoms with Gasteiger partial charge in [0.15, 0.2) is 0 Å². The summed E-state index contributed by atoms with van der Waals surface area (Å²) >= 11 is 7.13. The van der Waals surface area contributed by atoms with E-state index in [1.807, 2.05) is 11.3 Å². The molecule has 0 amide bonds. The van der Waals surface area contributed by atoms with E-state index in [0.717, 1.165) is 13.0 Å². The van der Waals surface area contributed by atoms with E-state index in [-0.39, 0.29) is 0 Å². The van der Waals surface area contributed by atoms with Gasteiger partial charge in [0.25, 0.3) is 0 Å². The second kappa shape index (κ2) is 6.14. The summed E-state index contributed by atoms with van der Waals surface area (Å²) in [6.45, 7) is 5.44. The van der Waals surface area contributed by atoms with Crippen LogP contribution in [0.4, 0.5) is 0 Å². The third-order valence-electron chi connectivity index (χ3n) is 2.68. The minimum absolute atomic E-state index is 0.345. The molecule has 1 nitrogen and oxygen atoms in total. The van der Waals surface area contributed by atoms with Crippen molar-refractivity contribution in [2.75, 3.05) is 6.54 Å². The molecule has 0 aliphatic carbocycles. The molecule has 0 fully saturated rings. The lowest BCUT2D eigenvalue weighted by Crippen LogP contribution is -2.22. The van der Waals surface area contributed by atoms with Crippen LogP contribution in [0.25, 0.3) is 0 Å². The molecule has 0 aromatic carbocycles. The quantitative estimate of drug-likeness (QED) is 0.816.